The van der Waals surface area contributed by atoms with Gasteiger partial charge in [0.25, 0.3) is 0 Å². The molecule has 0 saturated carbocycles. The quantitative estimate of drug-likeness (QED) is 0.332. The number of rotatable bonds is 2. The van der Waals surface area contributed by atoms with Crippen LogP contribution in [0.25, 0.3) is 0 Å². The Kier molecular flexibility index (Phi) is 4.87. The van der Waals surface area contributed by atoms with Crippen molar-refractivity contribution in [3.63, 3.8) is 0 Å². The molecule has 0 atom stereocenters. The van der Waals surface area contributed by atoms with Crippen LogP contribution in [0.5, 0.6) is 0 Å². The number of allylic oxidation sites excluding steroid dienone is 2. The zero-order chi connectivity index (χ0) is 6.41. The van der Waals surface area contributed by atoms with E-state index in [-0.39, 0.29) is 0 Å². The fourth-order valence-corrected chi connectivity index (χ4v) is 0.597. The van der Waals surface area contributed by atoms with Gasteiger partial charge in [0, 0.05) is 11.6 Å². The van der Waals surface area contributed by atoms with Crippen molar-refractivity contribution in [2.75, 3.05) is 5.88 Å². The van der Waals surface area contributed by atoms with Gasteiger partial charge in [0.1, 0.15) is 0 Å². The number of aliphatic imine (C=N–C) groups is 1. The largest absolute Gasteiger partial charge is 0.200 e. The van der Waals surface area contributed by atoms with Crippen molar-refractivity contribution >= 4 is 29.0 Å². The van der Waals surface area contributed by atoms with Crippen LogP contribution in [0, 0.1) is 0 Å². The van der Waals surface area contributed by atoms with E-state index in [9.17, 15) is 0 Å². The molecular formula is C5H6ClNS. The van der Waals surface area contributed by atoms with Gasteiger partial charge in [-0.2, -0.15) is 4.99 Å². The van der Waals surface area contributed by atoms with Crippen LogP contribution >= 0.6 is 23.8 Å². The van der Waals surface area contributed by atoms with Gasteiger partial charge in [0.2, 0.25) is 0 Å². The molecule has 0 amide bonds. The normalized spacial score (nSPS) is 10.5. The lowest BCUT2D eigenvalue weighted by Crippen LogP contribution is -1.67. The molecule has 8 heavy (non-hydrogen) atoms. The Labute approximate surface area is 59.1 Å². The highest BCUT2D eigenvalue weighted by molar-refractivity contribution is 7.78. The van der Waals surface area contributed by atoms with E-state index in [1.54, 1.807) is 6.08 Å². The van der Waals surface area contributed by atoms with Crippen LogP contribution in [0.2, 0.25) is 0 Å². The molecule has 0 aliphatic heterocycles. The molecule has 3 heteroatoms. The zero-order valence-corrected chi connectivity index (χ0v) is 6.09. The summed E-state index contributed by atoms with van der Waals surface area (Å²) in [7, 11) is 0. The minimum Gasteiger partial charge on any atom is -0.200 e. The van der Waals surface area contributed by atoms with Crippen molar-refractivity contribution in [2.24, 2.45) is 4.99 Å². The van der Waals surface area contributed by atoms with E-state index in [0.29, 0.717) is 5.88 Å². The van der Waals surface area contributed by atoms with E-state index in [4.69, 9.17) is 11.6 Å². The molecule has 0 N–H and O–H groups in total. The van der Waals surface area contributed by atoms with Gasteiger partial charge in [-0.1, -0.05) is 0 Å². The standard InChI is InChI=1S/C5H6ClNS/c1-5(2-3-6)7-4-8/h2H,3H2,1H3/b5-2+. The summed E-state index contributed by atoms with van der Waals surface area (Å²) in [5, 5.41) is 2.23. The molecule has 0 aromatic heterocycles. The van der Waals surface area contributed by atoms with Crippen LogP contribution in [0.3, 0.4) is 0 Å². The van der Waals surface area contributed by atoms with E-state index in [1.165, 1.54) is 0 Å². The number of thiocarbonyl (C=S) groups is 1. The van der Waals surface area contributed by atoms with E-state index in [2.05, 4.69) is 22.4 Å². The number of hydrogen-bond donors (Lipinski definition) is 0. The van der Waals surface area contributed by atoms with Gasteiger partial charge in [-0.05, 0) is 25.2 Å². The topological polar surface area (TPSA) is 12.4 Å². The summed E-state index contributed by atoms with van der Waals surface area (Å²) >= 11 is 9.68. The van der Waals surface area contributed by atoms with Gasteiger partial charge in [-0.3, -0.25) is 0 Å². The van der Waals surface area contributed by atoms with Crippen LogP contribution in [0.15, 0.2) is 16.8 Å². The number of nitrogens with zero attached hydrogens (tertiary/aromatic N) is 1. The Morgan fingerprint density at radius 1 is 2.00 bits per heavy atom. The van der Waals surface area contributed by atoms with Gasteiger partial charge in [0.15, 0.2) is 0 Å². The zero-order valence-electron chi connectivity index (χ0n) is 4.52. The maximum atomic E-state index is 5.33. The lowest BCUT2D eigenvalue weighted by atomic mass is 10.5. The third-order valence-corrected chi connectivity index (χ3v) is 0.840. The Hall–Kier alpha value is -0.170. The number of hydrogen-bond acceptors (Lipinski definition) is 2. The van der Waals surface area contributed by atoms with E-state index < -0.39 is 0 Å². The molecular weight excluding hydrogens is 142 g/mol. The van der Waals surface area contributed by atoms with Crippen molar-refractivity contribution < 1.29 is 0 Å². The van der Waals surface area contributed by atoms with Crippen LogP contribution < -0.4 is 0 Å². The predicted molar refractivity (Wildman–Crippen MR) is 39.5 cm³/mol. The first-order chi connectivity index (χ1) is 3.81. The minimum absolute atomic E-state index is 0.479. The number of isothiocyanates is 1. The molecule has 0 aliphatic rings. The molecule has 0 fully saturated rings. The van der Waals surface area contributed by atoms with Crippen LogP contribution in [0.4, 0.5) is 0 Å². The fourth-order valence-electron chi connectivity index (χ4n) is 0.229. The van der Waals surface area contributed by atoms with Crippen LogP contribution in [-0.2, 0) is 0 Å². The molecule has 0 radical (unpaired) electrons. The van der Waals surface area contributed by atoms with Gasteiger partial charge in [-0.25, -0.2) is 0 Å². The summed E-state index contributed by atoms with van der Waals surface area (Å²) in [5.41, 5.74) is 0.815. The summed E-state index contributed by atoms with van der Waals surface area (Å²) < 4.78 is 0. The average molecular weight is 148 g/mol. The molecule has 0 aliphatic carbocycles. The Balaban J connectivity index is 3.79. The molecule has 1 nitrogen and oxygen atoms in total. The molecule has 0 spiro atoms. The molecule has 0 saturated heterocycles. The van der Waals surface area contributed by atoms with Crippen molar-refractivity contribution in [2.45, 2.75) is 6.92 Å². The molecule has 44 valence electrons. The summed E-state index contributed by atoms with van der Waals surface area (Å²) in [5.74, 6) is 0.479. The van der Waals surface area contributed by atoms with Crippen molar-refractivity contribution in [1.29, 1.82) is 0 Å². The van der Waals surface area contributed by atoms with Gasteiger partial charge in [0.05, 0.1) is 5.16 Å². The second-order valence-electron chi connectivity index (χ2n) is 1.20. The lowest BCUT2D eigenvalue weighted by molar-refractivity contribution is 1.31. The Morgan fingerprint density at radius 2 is 2.62 bits per heavy atom. The first kappa shape index (κ1) is 7.83. The maximum absolute atomic E-state index is 5.33. The second-order valence-corrected chi connectivity index (χ2v) is 1.69. The molecule has 0 bridgehead atoms. The number of alkyl halides is 1. The number of halogens is 1. The van der Waals surface area contributed by atoms with Gasteiger partial charge < -0.3 is 0 Å². The molecule has 0 rings (SSSR count). The third kappa shape index (κ3) is 4.00. The lowest BCUT2D eigenvalue weighted by Gasteiger charge is -1.81. The van der Waals surface area contributed by atoms with Crippen molar-refractivity contribution in [1.82, 2.24) is 0 Å². The van der Waals surface area contributed by atoms with E-state index in [0.717, 1.165) is 5.70 Å². The molecule has 0 heterocycles. The van der Waals surface area contributed by atoms with Crippen molar-refractivity contribution in [3.8, 4) is 0 Å². The highest BCUT2D eigenvalue weighted by atomic mass is 35.5. The first-order valence-corrected chi connectivity index (χ1v) is 3.06. The SMILES string of the molecule is C/C(=C\CCl)N=C=S. The predicted octanol–water partition coefficient (Wildman–Crippen LogP) is 2.23. The Bertz CT molecular complexity index is 135. The first-order valence-electron chi connectivity index (χ1n) is 2.12. The van der Waals surface area contributed by atoms with E-state index in [1.807, 2.05) is 6.92 Å². The highest BCUT2D eigenvalue weighted by Gasteiger charge is 1.76. The average Bonchev–Trinajstić information content (AvgIpc) is 1.68. The highest BCUT2D eigenvalue weighted by Crippen LogP contribution is 1.92. The monoisotopic (exact) mass is 147 g/mol. The maximum Gasteiger partial charge on any atom is 0.0637 e. The molecule has 0 unspecified atom stereocenters. The van der Waals surface area contributed by atoms with Crippen LogP contribution in [-0.4, -0.2) is 11.0 Å². The summed E-state index contributed by atoms with van der Waals surface area (Å²) in [6, 6.07) is 0. The van der Waals surface area contributed by atoms with Gasteiger partial charge in [-0.15, -0.1) is 11.6 Å². The van der Waals surface area contributed by atoms with Crippen molar-refractivity contribution in [3.05, 3.63) is 11.8 Å². The Morgan fingerprint density at radius 3 is 3.00 bits per heavy atom. The second kappa shape index (κ2) is 4.98. The molecule has 0 aromatic rings. The fraction of sp³-hybridized carbons (Fsp3) is 0.400. The minimum atomic E-state index is 0.479. The smallest absolute Gasteiger partial charge is 0.0637 e. The van der Waals surface area contributed by atoms with E-state index >= 15 is 0 Å². The summed E-state index contributed by atoms with van der Waals surface area (Å²) in [6.45, 7) is 1.82. The molecule has 0 aromatic carbocycles. The van der Waals surface area contributed by atoms with Gasteiger partial charge >= 0.3 is 0 Å². The summed E-state index contributed by atoms with van der Waals surface area (Å²) in [4.78, 5) is 3.66. The third-order valence-electron chi connectivity index (χ3n) is 0.595. The van der Waals surface area contributed by atoms with Crippen LogP contribution in [0.1, 0.15) is 6.92 Å². The summed E-state index contributed by atoms with van der Waals surface area (Å²) in [6.07, 6.45) is 1.76.